The summed E-state index contributed by atoms with van der Waals surface area (Å²) >= 11 is 6.05. The van der Waals surface area contributed by atoms with Gasteiger partial charge in [0.15, 0.2) is 23.1 Å². The molecule has 31 heavy (non-hydrogen) atoms. The minimum absolute atomic E-state index is 0.0492. The molecule has 160 valence electrons. The van der Waals surface area contributed by atoms with E-state index < -0.39 is 41.0 Å². The molecule has 0 radical (unpaired) electrons. The molecule has 0 saturated heterocycles. The van der Waals surface area contributed by atoms with E-state index in [4.69, 9.17) is 22.1 Å². The van der Waals surface area contributed by atoms with Gasteiger partial charge in [0.25, 0.3) is 0 Å². The Kier molecular flexibility index (Phi) is 5.01. The van der Waals surface area contributed by atoms with Crippen LogP contribution in [-0.4, -0.2) is 19.9 Å². The lowest BCUT2D eigenvalue weighted by Crippen LogP contribution is -2.12. The van der Waals surface area contributed by atoms with Crippen molar-refractivity contribution in [2.75, 3.05) is 11.1 Å². The third kappa shape index (κ3) is 4.14. The zero-order valence-corrected chi connectivity index (χ0v) is 15.8. The normalized spacial score (nSPS) is 11.7. The molecule has 0 aliphatic rings. The zero-order valence-electron chi connectivity index (χ0n) is 15.1. The number of rotatable bonds is 4. The number of pyridine rings is 1. The highest BCUT2D eigenvalue weighted by atomic mass is 35.5. The molecule has 3 heterocycles. The van der Waals surface area contributed by atoms with Crippen LogP contribution in [0.15, 0.2) is 36.7 Å². The highest BCUT2D eigenvalue weighted by Gasteiger charge is 2.33. The smallest absolute Gasteiger partial charge is 0.433 e. The summed E-state index contributed by atoms with van der Waals surface area (Å²) in [5, 5.41) is 2.92. The van der Waals surface area contributed by atoms with E-state index in [1.807, 2.05) is 0 Å². The molecular formula is C18H10ClF5N6O. The van der Waals surface area contributed by atoms with E-state index in [9.17, 15) is 22.0 Å². The second kappa shape index (κ2) is 7.54. The van der Waals surface area contributed by atoms with Crippen molar-refractivity contribution in [1.82, 2.24) is 19.9 Å². The van der Waals surface area contributed by atoms with Gasteiger partial charge < -0.3 is 20.8 Å². The molecule has 0 atom stereocenters. The molecule has 0 bridgehead atoms. The van der Waals surface area contributed by atoms with Gasteiger partial charge in [-0.3, -0.25) is 0 Å². The number of nitrogen functional groups attached to an aromatic ring is 1. The maximum Gasteiger partial charge on any atom is 0.433 e. The number of alkyl halides is 3. The number of hydrogen-bond donors (Lipinski definition) is 3. The minimum atomic E-state index is -4.78. The topological polar surface area (TPSA) is 102 Å². The number of hydrogen-bond acceptors (Lipinski definition) is 6. The number of nitrogens with zero attached hydrogens (tertiary/aromatic N) is 3. The van der Waals surface area contributed by atoms with Gasteiger partial charge in [-0.1, -0.05) is 11.6 Å². The van der Waals surface area contributed by atoms with Crippen molar-refractivity contribution in [2.45, 2.75) is 6.18 Å². The first kappa shape index (κ1) is 20.6. The lowest BCUT2D eigenvalue weighted by Gasteiger charge is -2.13. The first-order valence-corrected chi connectivity index (χ1v) is 8.77. The van der Waals surface area contributed by atoms with E-state index in [0.29, 0.717) is 17.1 Å². The van der Waals surface area contributed by atoms with Crippen LogP contribution >= 0.6 is 11.6 Å². The standard InChI is InChI=1S/C18H10ClF5N6O/c19-8-6-27-16-14(8)11(1-2-26-16)31-15-9(20)3-7(4-10(15)21)28-13-5-12(18(22,23)24)29-17(25)30-13/h1-6H,(H,26,27)(H3,25,28,29,30). The predicted octanol–water partition coefficient (Wildman–Crippen LogP) is 5.42. The third-order valence-electron chi connectivity index (χ3n) is 4.00. The van der Waals surface area contributed by atoms with E-state index in [1.54, 1.807) is 0 Å². The Balaban J connectivity index is 1.65. The third-order valence-corrected chi connectivity index (χ3v) is 4.30. The van der Waals surface area contributed by atoms with Gasteiger partial charge in [-0.25, -0.2) is 18.7 Å². The van der Waals surface area contributed by atoms with Crippen molar-refractivity contribution in [1.29, 1.82) is 0 Å². The predicted molar refractivity (Wildman–Crippen MR) is 102 cm³/mol. The summed E-state index contributed by atoms with van der Waals surface area (Å²) in [5.74, 6) is -4.01. The number of H-pyrrole nitrogens is 1. The number of benzene rings is 1. The van der Waals surface area contributed by atoms with Crippen molar-refractivity contribution in [2.24, 2.45) is 0 Å². The summed E-state index contributed by atoms with van der Waals surface area (Å²) in [6, 6.07) is 3.57. The van der Waals surface area contributed by atoms with Crippen LogP contribution < -0.4 is 15.8 Å². The van der Waals surface area contributed by atoms with E-state index in [-0.39, 0.29) is 16.5 Å². The summed E-state index contributed by atoms with van der Waals surface area (Å²) in [7, 11) is 0. The molecule has 13 heteroatoms. The molecule has 0 amide bonds. The Labute approximate surface area is 175 Å². The molecule has 4 aromatic rings. The van der Waals surface area contributed by atoms with E-state index >= 15 is 0 Å². The van der Waals surface area contributed by atoms with E-state index in [1.165, 1.54) is 18.5 Å². The average Bonchev–Trinajstić information content (AvgIpc) is 3.05. The van der Waals surface area contributed by atoms with Gasteiger partial charge in [0.2, 0.25) is 5.95 Å². The molecule has 0 aliphatic carbocycles. The highest BCUT2D eigenvalue weighted by molar-refractivity contribution is 6.36. The highest BCUT2D eigenvalue weighted by Crippen LogP contribution is 2.37. The van der Waals surface area contributed by atoms with Crippen LogP contribution in [0, 0.1) is 11.6 Å². The number of aromatic amines is 1. The fourth-order valence-electron chi connectivity index (χ4n) is 2.74. The molecule has 4 rings (SSSR count). The SMILES string of the molecule is Nc1nc(Nc2cc(F)c(Oc3ccnc4[nH]cc(Cl)c34)c(F)c2)cc(C(F)(F)F)n1. The van der Waals surface area contributed by atoms with Crippen LogP contribution in [0.5, 0.6) is 11.5 Å². The molecule has 0 unspecified atom stereocenters. The first-order valence-electron chi connectivity index (χ1n) is 8.39. The number of anilines is 3. The Bertz CT molecular complexity index is 1270. The molecule has 7 nitrogen and oxygen atoms in total. The lowest BCUT2D eigenvalue weighted by molar-refractivity contribution is -0.141. The Morgan fingerprint density at radius 2 is 1.81 bits per heavy atom. The maximum atomic E-state index is 14.6. The largest absolute Gasteiger partial charge is 0.450 e. The molecule has 0 fully saturated rings. The molecule has 1 aromatic carbocycles. The lowest BCUT2D eigenvalue weighted by atomic mass is 10.2. The van der Waals surface area contributed by atoms with Gasteiger partial charge in [-0.2, -0.15) is 18.2 Å². The van der Waals surface area contributed by atoms with Crippen LogP contribution in [0.25, 0.3) is 11.0 Å². The fraction of sp³-hybridized carbons (Fsp3) is 0.0556. The quantitative estimate of drug-likeness (QED) is 0.354. The Morgan fingerprint density at radius 3 is 2.48 bits per heavy atom. The number of halogens is 6. The number of fused-ring (bicyclic) bond motifs is 1. The second-order valence-corrected chi connectivity index (χ2v) is 6.57. The second-order valence-electron chi connectivity index (χ2n) is 6.16. The van der Waals surface area contributed by atoms with Crippen molar-refractivity contribution in [3.8, 4) is 11.5 Å². The summed E-state index contributed by atoms with van der Waals surface area (Å²) < 4.78 is 73.1. The number of nitrogens with one attached hydrogen (secondary N) is 2. The molecule has 4 N–H and O–H groups in total. The van der Waals surface area contributed by atoms with Crippen LogP contribution in [0.2, 0.25) is 5.02 Å². The number of aromatic nitrogens is 4. The van der Waals surface area contributed by atoms with Gasteiger partial charge >= 0.3 is 6.18 Å². The van der Waals surface area contributed by atoms with Gasteiger partial charge in [0.1, 0.15) is 17.2 Å². The molecule has 3 aromatic heterocycles. The summed E-state index contributed by atoms with van der Waals surface area (Å²) in [5.41, 5.74) is 4.09. The van der Waals surface area contributed by atoms with Gasteiger partial charge in [0, 0.05) is 36.3 Å². The number of nitrogens with two attached hydrogens (primary N) is 1. The van der Waals surface area contributed by atoms with Crippen molar-refractivity contribution < 1.29 is 26.7 Å². The van der Waals surface area contributed by atoms with Crippen molar-refractivity contribution in [3.63, 3.8) is 0 Å². The molecule has 0 aliphatic heterocycles. The number of ether oxygens (including phenoxy) is 1. The van der Waals surface area contributed by atoms with Crippen LogP contribution in [-0.2, 0) is 6.18 Å². The summed E-state index contributed by atoms with van der Waals surface area (Å²) in [6.45, 7) is 0. The summed E-state index contributed by atoms with van der Waals surface area (Å²) in [6.07, 6.45) is -1.99. The minimum Gasteiger partial charge on any atom is -0.450 e. The van der Waals surface area contributed by atoms with Crippen LogP contribution in [0.4, 0.5) is 39.4 Å². The molecule has 0 saturated carbocycles. The first-order chi connectivity index (χ1) is 14.6. The van der Waals surface area contributed by atoms with Crippen molar-refractivity contribution >= 4 is 40.1 Å². The van der Waals surface area contributed by atoms with Gasteiger partial charge in [0.05, 0.1) is 10.4 Å². The van der Waals surface area contributed by atoms with E-state index in [2.05, 4.69) is 25.3 Å². The van der Waals surface area contributed by atoms with Gasteiger partial charge in [-0.05, 0) is 6.07 Å². The molecular weight excluding hydrogens is 447 g/mol. The van der Waals surface area contributed by atoms with Gasteiger partial charge in [-0.15, -0.1) is 0 Å². The van der Waals surface area contributed by atoms with Crippen molar-refractivity contribution in [3.05, 3.63) is 59.0 Å². The Morgan fingerprint density at radius 1 is 1.10 bits per heavy atom. The average molecular weight is 457 g/mol. The molecule has 0 spiro atoms. The van der Waals surface area contributed by atoms with E-state index in [0.717, 1.165) is 12.1 Å². The van der Waals surface area contributed by atoms with Crippen LogP contribution in [0.3, 0.4) is 0 Å². The maximum absolute atomic E-state index is 14.6. The zero-order chi connectivity index (χ0) is 22.3. The summed E-state index contributed by atoms with van der Waals surface area (Å²) in [4.78, 5) is 13.5. The fourth-order valence-corrected chi connectivity index (χ4v) is 2.97. The Hall–Kier alpha value is -3.67. The monoisotopic (exact) mass is 456 g/mol. The van der Waals surface area contributed by atoms with Crippen LogP contribution in [0.1, 0.15) is 5.69 Å².